The zero-order valence-electron chi connectivity index (χ0n) is 14.8. The lowest BCUT2D eigenvalue weighted by Gasteiger charge is -2.36. The quantitative estimate of drug-likeness (QED) is 0.605. The van der Waals surface area contributed by atoms with E-state index in [0.29, 0.717) is 12.0 Å². The maximum atomic E-state index is 4.59. The van der Waals surface area contributed by atoms with E-state index in [0.717, 1.165) is 47.6 Å². The predicted octanol–water partition coefficient (Wildman–Crippen LogP) is 1.73. The van der Waals surface area contributed by atoms with Crippen LogP contribution < -0.4 is 5.32 Å². The zero-order valence-corrected chi connectivity index (χ0v) is 14.8. The third kappa shape index (κ3) is 2.41. The molecule has 8 heteroatoms. The maximum absolute atomic E-state index is 4.59. The third-order valence-corrected chi connectivity index (χ3v) is 4.93. The summed E-state index contributed by atoms with van der Waals surface area (Å²) in [5.41, 5.74) is 4.19. The molecule has 1 saturated heterocycles. The molecule has 0 saturated carbocycles. The van der Waals surface area contributed by atoms with Gasteiger partial charge in [-0.3, -0.25) is 4.40 Å². The first kappa shape index (κ1) is 15.3. The van der Waals surface area contributed by atoms with Crippen LogP contribution in [0, 0.1) is 0 Å². The van der Waals surface area contributed by atoms with Gasteiger partial charge in [-0.1, -0.05) is 6.92 Å². The van der Waals surface area contributed by atoms with Gasteiger partial charge in [-0.15, -0.1) is 5.10 Å². The third-order valence-electron chi connectivity index (χ3n) is 4.93. The minimum atomic E-state index is 0.424. The number of fused-ring (bicyclic) bond motifs is 2. The Morgan fingerprint density at radius 3 is 2.81 bits per heavy atom. The fourth-order valence-electron chi connectivity index (χ4n) is 3.51. The van der Waals surface area contributed by atoms with E-state index in [4.69, 9.17) is 0 Å². The molecule has 0 spiro atoms. The highest BCUT2D eigenvalue weighted by molar-refractivity contribution is 5.79. The number of hydrogen-bond donors (Lipinski definition) is 1. The zero-order chi connectivity index (χ0) is 17.7. The highest BCUT2D eigenvalue weighted by Gasteiger charge is 2.23. The maximum Gasteiger partial charge on any atom is 0.241 e. The van der Waals surface area contributed by atoms with Crippen LogP contribution in [0.2, 0.25) is 0 Å². The Kier molecular flexibility index (Phi) is 3.39. The van der Waals surface area contributed by atoms with Gasteiger partial charge < -0.3 is 10.2 Å². The van der Waals surface area contributed by atoms with Gasteiger partial charge in [0.05, 0.1) is 24.0 Å². The highest BCUT2D eigenvalue weighted by Crippen LogP contribution is 2.25. The SMILES string of the molecule is CCc1cnc2ncc(-c3ccn4nc(NC5CN(C)C5)ncc34)cn12. The van der Waals surface area contributed by atoms with E-state index in [1.165, 1.54) is 0 Å². The predicted molar refractivity (Wildman–Crippen MR) is 99.3 cm³/mol. The topological polar surface area (TPSA) is 75.7 Å². The minimum absolute atomic E-state index is 0.424. The van der Waals surface area contributed by atoms with Gasteiger partial charge in [0.2, 0.25) is 11.7 Å². The van der Waals surface area contributed by atoms with Crippen LogP contribution in [0.5, 0.6) is 0 Å². The molecule has 4 aromatic heterocycles. The molecule has 132 valence electrons. The molecule has 1 fully saturated rings. The lowest BCUT2D eigenvalue weighted by molar-refractivity contribution is 0.204. The second-order valence-electron chi connectivity index (χ2n) is 6.82. The molecule has 0 aliphatic carbocycles. The first-order valence-electron chi connectivity index (χ1n) is 8.83. The number of rotatable bonds is 4. The molecular weight excluding hydrogens is 328 g/mol. The van der Waals surface area contributed by atoms with Crippen LogP contribution >= 0.6 is 0 Å². The molecule has 0 amide bonds. The first-order valence-corrected chi connectivity index (χ1v) is 8.83. The number of hydrogen-bond acceptors (Lipinski definition) is 6. The Hall–Kier alpha value is -3.00. The summed E-state index contributed by atoms with van der Waals surface area (Å²) in [5, 5.41) is 7.97. The highest BCUT2D eigenvalue weighted by atomic mass is 15.3. The summed E-state index contributed by atoms with van der Waals surface area (Å²) in [6, 6.07) is 2.48. The van der Waals surface area contributed by atoms with Crippen LogP contribution in [0.4, 0.5) is 5.95 Å². The monoisotopic (exact) mass is 348 g/mol. The van der Waals surface area contributed by atoms with E-state index < -0.39 is 0 Å². The van der Waals surface area contributed by atoms with Crippen LogP contribution in [0.3, 0.4) is 0 Å². The van der Waals surface area contributed by atoms with E-state index in [1.807, 2.05) is 33.7 Å². The summed E-state index contributed by atoms with van der Waals surface area (Å²) in [7, 11) is 2.11. The minimum Gasteiger partial charge on any atom is -0.348 e. The molecule has 0 atom stereocenters. The number of likely N-dealkylation sites (N-methyl/N-ethyl adjacent to an activating group) is 1. The van der Waals surface area contributed by atoms with E-state index in [1.54, 1.807) is 0 Å². The molecule has 0 radical (unpaired) electrons. The van der Waals surface area contributed by atoms with Crippen molar-refractivity contribution in [3.8, 4) is 11.1 Å². The van der Waals surface area contributed by atoms with Crippen LogP contribution in [-0.4, -0.2) is 60.0 Å². The van der Waals surface area contributed by atoms with Gasteiger partial charge in [0.15, 0.2) is 0 Å². The molecule has 1 aliphatic rings. The number of nitrogens with zero attached hydrogens (tertiary/aromatic N) is 7. The molecule has 1 N–H and O–H groups in total. The molecule has 0 bridgehead atoms. The Morgan fingerprint density at radius 1 is 1.15 bits per heavy atom. The summed E-state index contributed by atoms with van der Waals surface area (Å²) >= 11 is 0. The fraction of sp³-hybridized carbons (Fsp3) is 0.333. The Labute approximate surface area is 150 Å². The Bertz CT molecular complexity index is 1090. The van der Waals surface area contributed by atoms with Gasteiger partial charge in [-0.05, 0) is 19.5 Å². The van der Waals surface area contributed by atoms with Crippen molar-refractivity contribution in [2.75, 3.05) is 25.5 Å². The van der Waals surface area contributed by atoms with Crippen molar-refractivity contribution in [3.05, 3.63) is 42.7 Å². The average Bonchev–Trinajstić information content (AvgIpc) is 3.23. The Balaban J connectivity index is 1.51. The molecule has 26 heavy (non-hydrogen) atoms. The van der Waals surface area contributed by atoms with Crippen molar-refractivity contribution < 1.29 is 0 Å². The largest absolute Gasteiger partial charge is 0.348 e. The van der Waals surface area contributed by atoms with Gasteiger partial charge in [-0.25, -0.2) is 19.5 Å². The van der Waals surface area contributed by atoms with Gasteiger partial charge >= 0.3 is 0 Å². The van der Waals surface area contributed by atoms with Gasteiger partial charge in [0, 0.05) is 48.5 Å². The molecule has 0 unspecified atom stereocenters. The van der Waals surface area contributed by atoms with Crippen LogP contribution in [0.15, 0.2) is 37.1 Å². The Morgan fingerprint density at radius 2 is 2.00 bits per heavy atom. The average molecular weight is 348 g/mol. The van der Waals surface area contributed by atoms with Crippen LogP contribution in [-0.2, 0) is 6.42 Å². The summed E-state index contributed by atoms with van der Waals surface area (Å²) < 4.78 is 3.91. The van der Waals surface area contributed by atoms with Crippen molar-refractivity contribution in [3.63, 3.8) is 0 Å². The lowest BCUT2D eigenvalue weighted by Crippen LogP contribution is -2.52. The summed E-state index contributed by atoms with van der Waals surface area (Å²) in [6.45, 7) is 4.16. The van der Waals surface area contributed by atoms with Gasteiger partial charge in [-0.2, -0.15) is 0 Å². The molecule has 0 aromatic carbocycles. The van der Waals surface area contributed by atoms with Crippen molar-refractivity contribution >= 4 is 17.2 Å². The standard InChI is InChI=1S/C18H20N8/c1-3-14-7-21-18-20-6-12(9-25(14)18)15-4-5-26-16(15)8-19-17(23-26)22-13-10-24(2)11-13/h4-9,13H,3,10-11H2,1-2H3,(H,22,23). The van der Waals surface area contributed by atoms with E-state index in [2.05, 4.69) is 56.5 Å². The molecule has 8 nitrogen and oxygen atoms in total. The smallest absolute Gasteiger partial charge is 0.241 e. The second kappa shape index (κ2) is 5.77. The lowest BCUT2D eigenvalue weighted by atomic mass is 10.1. The van der Waals surface area contributed by atoms with Crippen LogP contribution in [0.1, 0.15) is 12.6 Å². The summed E-state index contributed by atoms with van der Waals surface area (Å²) in [6.07, 6.45) is 10.6. The molecule has 4 aromatic rings. The van der Waals surface area contributed by atoms with Crippen molar-refractivity contribution in [1.82, 2.24) is 33.9 Å². The van der Waals surface area contributed by atoms with E-state index in [9.17, 15) is 0 Å². The molecule has 5 heterocycles. The van der Waals surface area contributed by atoms with E-state index >= 15 is 0 Å². The number of likely N-dealkylation sites (tertiary alicyclic amines) is 1. The molecular formula is C18H20N8. The number of aryl methyl sites for hydroxylation is 1. The number of aromatic nitrogens is 6. The van der Waals surface area contributed by atoms with Gasteiger partial charge in [0.1, 0.15) is 0 Å². The van der Waals surface area contributed by atoms with Crippen LogP contribution in [0.25, 0.3) is 22.4 Å². The fourth-order valence-corrected chi connectivity index (χ4v) is 3.51. The second-order valence-corrected chi connectivity index (χ2v) is 6.82. The summed E-state index contributed by atoms with van der Waals surface area (Å²) in [5.74, 6) is 1.39. The van der Waals surface area contributed by atoms with Crippen molar-refractivity contribution in [1.29, 1.82) is 0 Å². The number of imidazole rings is 1. The number of anilines is 1. The van der Waals surface area contributed by atoms with Crippen molar-refractivity contribution in [2.24, 2.45) is 0 Å². The molecule has 1 aliphatic heterocycles. The first-order chi connectivity index (χ1) is 12.7. The van der Waals surface area contributed by atoms with Gasteiger partial charge in [0.25, 0.3) is 0 Å². The normalized spacial score (nSPS) is 15.6. The van der Waals surface area contributed by atoms with E-state index in [-0.39, 0.29) is 0 Å². The summed E-state index contributed by atoms with van der Waals surface area (Å²) in [4.78, 5) is 15.6. The number of nitrogens with one attached hydrogen (secondary N) is 1. The molecule has 5 rings (SSSR count). The van der Waals surface area contributed by atoms with Crippen molar-refractivity contribution in [2.45, 2.75) is 19.4 Å².